The predicted octanol–water partition coefficient (Wildman–Crippen LogP) is 2.79. The van der Waals surface area contributed by atoms with E-state index in [0.717, 1.165) is 37.0 Å². The van der Waals surface area contributed by atoms with Gasteiger partial charge in [0, 0.05) is 5.92 Å². The van der Waals surface area contributed by atoms with E-state index in [1.165, 1.54) is 7.11 Å². The lowest BCUT2D eigenvalue weighted by Crippen LogP contribution is -2.56. The maximum atomic E-state index is 12.7. The molecule has 3 rings (SSSR count). The summed E-state index contributed by atoms with van der Waals surface area (Å²) in [6.45, 7) is 0. The summed E-state index contributed by atoms with van der Waals surface area (Å²) in [5.74, 6) is 0.533. The van der Waals surface area contributed by atoms with Crippen LogP contribution in [0.1, 0.15) is 50.0 Å². The molecule has 0 bridgehead atoms. The summed E-state index contributed by atoms with van der Waals surface area (Å²) in [7, 11) is 3.03. The number of nitrogens with one attached hydrogen (secondary N) is 1. The Morgan fingerprint density at radius 3 is 2.50 bits per heavy atom. The minimum Gasteiger partial charge on any atom is -0.496 e. The van der Waals surface area contributed by atoms with Crippen LogP contribution in [0.5, 0.6) is 5.75 Å². The van der Waals surface area contributed by atoms with Gasteiger partial charge in [-0.1, -0.05) is 37.5 Å². The fraction of sp³-hybridized carbons (Fsp3) is 0.579. The number of para-hydroxylation sites is 1. The van der Waals surface area contributed by atoms with Crippen LogP contribution in [0.25, 0.3) is 0 Å². The Balaban J connectivity index is 1.70. The fourth-order valence-electron chi connectivity index (χ4n) is 3.86. The highest BCUT2D eigenvalue weighted by Gasteiger charge is 2.49. The zero-order valence-corrected chi connectivity index (χ0v) is 14.3. The second-order valence-electron chi connectivity index (χ2n) is 6.81. The van der Waals surface area contributed by atoms with Crippen molar-refractivity contribution in [1.29, 1.82) is 0 Å². The largest absolute Gasteiger partial charge is 0.496 e. The van der Waals surface area contributed by atoms with E-state index in [1.54, 1.807) is 7.11 Å². The molecule has 2 aliphatic rings. The number of methoxy groups -OCH3 is 2. The number of amides is 1. The molecule has 1 N–H and O–H groups in total. The Morgan fingerprint density at radius 1 is 1.12 bits per heavy atom. The van der Waals surface area contributed by atoms with Crippen LogP contribution >= 0.6 is 0 Å². The Kier molecular flexibility index (Phi) is 4.78. The zero-order chi connectivity index (χ0) is 17.2. The molecule has 0 spiro atoms. The van der Waals surface area contributed by atoms with Crippen molar-refractivity contribution in [3.63, 3.8) is 0 Å². The van der Waals surface area contributed by atoms with Crippen molar-refractivity contribution in [2.45, 2.75) is 50.0 Å². The molecule has 2 aliphatic carbocycles. The van der Waals surface area contributed by atoms with E-state index < -0.39 is 5.54 Å². The molecule has 2 atom stereocenters. The van der Waals surface area contributed by atoms with E-state index in [4.69, 9.17) is 9.47 Å². The molecule has 0 heterocycles. The monoisotopic (exact) mass is 331 g/mol. The Hall–Kier alpha value is -2.04. The van der Waals surface area contributed by atoms with Crippen LogP contribution in [0.4, 0.5) is 0 Å². The van der Waals surface area contributed by atoms with E-state index in [-0.39, 0.29) is 23.7 Å². The van der Waals surface area contributed by atoms with E-state index in [2.05, 4.69) is 5.32 Å². The maximum Gasteiger partial charge on any atom is 0.331 e. The minimum absolute atomic E-state index is 0.0433. The molecule has 1 amide bonds. The standard InChI is InChI=1S/C19H25NO4/c1-23-16-9-5-4-8-13(16)14-12-15(14)17(21)20-19(18(22)24-2)10-6-3-7-11-19/h4-5,8-9,14-15H,3,6-7,10-12H2,1-2H3,(H,20,21)/t14-,15+/m0/s1. The molecule has 5 nitrogen and oxygen atoms in total. The summed E-state index contributed by atoms with van der Waals surface area (Å²) < 4.78 is 10.4. The van der Waals surface area contributed by atoms with Crippen LogP contribution in [0.3, 0.4) is 0 Å². The van der Waals surface area contributed by atoms with Crippen LogP contribution < -0.4 is 10.1 Å². The molecule has 0 saturated heterocycles. The summed E-state index contributed by atoms with van der Waals surface area (Å²) >= 11 is 0. The molecule has 1 aromatic carbocycles. The molecule has 130 valence electrons. The van der Waals surface area contributed by atoms with Gasteiger partial charge in [-0.2, -0.15) is 0 Å². The molecule has 2 saturated carbocycles. The number of rotatable bonds is 5. The first-order valence-corrected chi connectivity index (χ1v) is 8.64. The normalized spacial score (nSPS) is 24.8. The van der Waals surface area contributed by atoms with Crippen molar-refractivity contribution in [2.75, 3.05) is 14.2 Å². The van der Waals surface area contributed by atoms with Gasteiger partial charge in [-0.3, -0.25) is 4.79 Å². The lowest BCUT2D eigenvalue weighted by molar-refractivity contribution is -0.152. The first-order valence-electron chi connectivity index (χ1n) is 8.64. The van der Waals surface area contributed by atoms with E-state index in [1.807, 2.05) is 24.3 Å². The maximum absolute atomic E-state index is 12.7. The lowest BCUT2D eigenvalue weighted by Gasteiger charge is -2.35. The van der Waals surface area contributed by atoms with Crippen molar-refractivity contribution < 1.29 is 19.1 Å². The second kappa shape index (κ2) is 6.83. The van der Waals surface area contributed by atoms with Gasteiger partial charge >= 0.3 is 5.97 Å². The predicted molar refractivity (Wildman–Crippen MR) is 89.8 cm³/mol. The third-order valence-corrected chi connectivity index (χ3v) is 5.31. The molecule has 24 heavy (non-hydrogen) atoms. The third kappa shape index (κ3) is 3.12. The van der Waals surface area contributed by atoms with Crippen molar-refractivity contribution in [2.24, 2.45) is 5.92 Å². The smallest absolute Gasteiger partial charge is 0.331 e. The average molecular weight is 331 g/mol. The number of hydrogen-bond donors (Lipinski definition) is 1. The molecule has 0 unspecified atom stereocenters. The topological polar surface area (TPSA) is 64.6 Å². The second-order valence-corrected chi connectivity index (χ2v) is 6.81. The first-order chi connectivity index (χ1) is 11.6. The fourth-order valence-corrected chi connectivity index (χ4v) is 3.86. The van der Waals surface area contributed by atoms with Crippen LogP contribution in [-0.4, -0.2) is 31.6 Å². The Morgan fingerprint density at radius 2 is 1.83 bits per heavy atom. The molecule has 2 fully saturated rings. The number of carbonyl (C=O) groups is 2. The lowest BCUT2D eigenvalue weighted by atomic mass is 9.81. The van der Waals surface area contributed by atoms with Gasteiger partial charge in [0.25, 0.3) is 0 Å². The van der Waals surface area contributed by atoms with Gasteiger partial charge in [-0.25, -0.2) is 4.79 Å². The number of benzene rings is 1. The summed E-state index contributed by atoms with van der Waals surface area (Å²) in [6.07, 6.45) is 5.10. The van der Waals surface area contributed by atoms with E-state index >= 15 is 0 Å². The van der Waals surface area contributed by atoms with Gasteiger partial charge in [-0.15, -0.1) is 0 Å². The van der Waals surface area contributed by atoms with Gasteiger partial charge in [0.05, 0.1) is 14.2 Å². The van der Waals surface area contributed by atoms with Crippen LogP contribution in [0.2, 0.25) is 0 Å². The highest BCUT2D eigenvalue weighted by Crippen LogP contribution is 2.50. The van der Waals surface area contributed by atoms with Gasteiger partial charge in [0.2, 0.25) is 5.91 Å². The highest BCUT2D eigenvalue weighted by atomic mass is 16.5. The van der Waals surface area contributed by atoms with Crippen molar-refractivity contribution in [3.05, 3.63) is 29.8 Å². The first kappa shape index (κ1) is 16.8. The van der Waals surface area contributed by atoms with E-state index in [0.29, 0.717) is 12.8 Å². The Bertz CT molecular complexity index is 622. The third-order valence-electron chi connectivity index (χ3n) is 5.31. The van der Waals surface area contributed by atoms with Gasteiger partial charge in [0.15, 0.2) is 0 Å². The summed E-state index contributed by atoms with van der Waals surface area (Å²) in [4.78, 5) is 25.0. The highest BCUT2D eigenvalue weighted by molar-refractivity contribution is 5.91. The molecule has 5 heteroatoms. The molecule has 0 aromatic heterocycles. The molecule has 0 aliphatic heterocycles. The molecular weight excluding hydrogens is 306 g/mol. The Labute approximate surface area is 142 Å². The van der Waals surface area contributed by atoms with Crippen molar-refractivity contribution in [1.82, 2.24) is 5.32 Å². The number of hydrogen-bond acceptors (Lipinski definition) is 4. The average Bonchev–Trinajstić information content (AvgIpc) is 3.42. The van der Waals surface area contributed by atoms with Gasteiger partial charge in [-0.05, 0) is 36.8 Å². The minimum atomic E-state index is -0.835. The van der Waals surface area contributed by atoms with E-state index in [9.17, 15) is 9.59 Å². The van der Waals surface area contributed by atoms with Crippen molar-refractivity contribution in [3.8, 4) is 5.75 Å². The number of ether oxygens (including phenoxy) is 2. The summed E-state index contributed by atoms with van der Waals surface area (Å²) in [5.41, 5.74) is 0.230. The molecule has 0 radical (unpaired) electrons. The number of carbonyl (C=O) groups excluding carboxylic acids is 2. The molecule has 1 aromatic rings. The van der Waals surface area contributed by atoms with Gasteiger partial charge in [0.1, 0.15) is 11.3 Å². The zero-order valence-electron chi connectivity index (χ0n) is 14.3. The quantitative estimate of drug-likeness (QED) is 0.843. The SMILES string of the molecule is COC(=O)C1(NC(=O)[C@@H]2C[C@H]2c2ccccc2OC)CCCCC1. The van der Waals surface area contributed by atoms with Crippen molar-refractivity contribution >= 4 is 11.9 Å². The molecular formula is C19H25NO4. The van der Waals surface area contributed by atoms with Crippen LogP contribution in [0.15, 0.2) is 24.3 Å². The van der Waals surface area contributed by atoms with Crippen LogP contribution in [-0.2, 0) is 14.3 Å². The summed E-state index contributed by atoms with van der Waals surface area (Å²) in [5, 5.41) is 3.03. The summed E-state index contributed by atoms with van der Waals surface area (Å²) in [6, 6.07) is 7.81. The number of esters is 1. The van der Waals surface area contributed by atoms with Crippen LogP contribution in [0, 0.1) is 5.92 Å². The van der Waals surface area contributed by atoms with Gasteiger partial charge < -0.3 is 14.8 Å².